The minimum absolute atomic E-state index is 0.872. The molecule has 2 aromatic carbocycles. The van der Waals surface area contributed by atoms with E-state index in [0.717, 1.165) is 15.9 Å². The van der Waals surface area contributed by atoms with Crippen molar-refractivity contribution in [3.05, 3.63) is 64.8 Å². The van der Waals surface area contributed by atoms with E-state index in [1.165, 1.54) is 16.3 Å². The summed E-state index contributed by atoms with van der Waals surface area (Å²) in [4.78, 5) is 4.62. The number of rotatable bonds is 1. The van der Waals surface area contributed by atoms with Crippen molar-refractivity contribution < 1.29 is 0 Å². The Balaban J connectivity index is 2.31. The number of benzene rings is 2. The normalized spacial score (nSPS) is 10.8. The quantitative estimate of drug-likeness (QED) is 0.578. The Labute approximate surface area is 115 Å². The molecular weight excluding hydrogens is 286 g/mol. The molecule has 0 aliphatic rings. The van der Waals surface area contributed by atoms with Crippen LogP contribution in [0.2, 0.25) is 0 Å². The maximum atomic E-state index is 4.62. The average Bonchev–Trinajstić information content (AvgIpc) is 2.38. The fraction of sp³-hybridized carbons (Fsp3) is 0.0625. The molecule has 0 saturated carbocycles. The van der Waals surface area contributed by atoms with E-state index in [0.29, 0.717) is 0 Å². The van der Waals surface area contributed by atoms with Crippen LogP contribution in [0.25, 0.3) is 22.0 Å². The number of hydrogen-bond acceptors (Lipinski definition) is 1. The predicted octanol–water partition coefficient (Wildman–Crippen LogP) is 4.97. The number of aryl methyl sites for hydroxylation is 1. The van der Waals surface area contributed by atoms with Crippen LogP contribution < -0.4 is 0 Å². The van der Waals surface area contributed by atoms with Gasteiger partial charge in [0.25, 0.3) is 0 Å². The Bertz CT molecular complexity index is 702. The van der Waals surface area contributed by atoms with E-state index in [4.69, 9.17) is 0 Å². The summed E-state index contributed by atoms with van der Waals surface area (Å²) in [6.45, 7) is 2.09. The zero-order chi connectivity index (χ0) is 12.5. The molecule has 3 rings (SSSR count). The average molecular weight is 298 g/mol. The molecule has 0 atom stereocenters. The standard InChI is InChI=1S/C16H12BrN/c1-11-6-8-12(9-7-11)16-14-5-3-2-4-13(14)10-15(17)18-16/h2-10H,1H3. The molecule has 0 spiro atoms. The zero-order valence-corrected chi connectivity index (χ0v) is 11.6. The summed E-state index contributed by atoms with van der Waals surface area (Å²) in [5, 5.41) is 2.39. The molecule has 0 aliphatic carbocycles. The van der Waals surface area contributed by atoms with Gasteiger partial charge in [-0.25, -0.2) is 4.98 Å². The lowest BCUT2D eigenvalue weighted by molar-refractivity contribution is 1.30. The molecule has 3 aromatic rings. The lowest BCUT2D eigenvalue weighted by Gasteiger charge is -2.07. The van der Waals surface area contributed by atoms with Gasteiger partial charge in [-0.2, -0.15) is 0 Å². The van der Waals surface area contributed by atoms with Crippen LogP contribution in [0.15, 0.2) is 59.2 Å². The number of hydrogen-bond donors (Lipinski definition) is 0. The van der Waals surface area contributed by atoms with Crippen LogP contribution >= 0.6 is 15.9 Å². The van der Waals surface area contributed by atoms with Crippen LogP contribution in [0.1, 0.15) is 5.56 Å². The van der Waals surface area contributed by atoms with Gasteiger partial charge in [0.15, 0.2) is 0 Å². The number of fused-ring (bicyclic) bond motifs is 1. The van der Waals surface area contributed by atoms with E-state index in [1.54, 1.807) is 0 Å². The van der Waals surface area contributed by atoms with Gasteiger partial charge in [0.2, 0.25) is 0 Å². The van der Waals surface area contributed by atoms with E-state index in [-0.39, 0.29) is 0 Å². The molecule has 0 radical (unpaired) electrons. The van der Waals surface area contributed by atoms with Gasteiger partial charge < -0.3 is 0 Å². The molecule has 0 bridgehead atoms. The SMILES string of the molecule is Cc1ccc(-c2nc(Br)cc3ccccc23)cc1. The summed E-state index contributed by atoms with van der Waals surface area (Å²) in [6.07, 6.45) is 0. The van der Waals surface area contributed by atoms with Gasteiger partial charge in [-0.05, 0) is 34.3 Å². The van der Waals surface area contributed by atoms with Crippen molar-refractivity contribution in [1.29, 1.82) is 0 Å². The van der Waals surface area contributed by atoms with E-state index in [2.05, 4.69) is 70.3 Å². The van der Waals surface area contributed by atoms with Gasteiger partial charge in [0.05, 0.1) is 5.69 Å². The van der Waals surface area contributed by atoms with Gasteiger partial charge >= 0.3 is 0 Å². The van der Waals surface area contributed by atoms with Gasteiger partial charge in [-0.15, -0.1) is 0 Å². The van der Waals surface area contributed by atoms with Gasteiger partial charge in [-0.1, -0.05) is 54.1 Å². The maximum Gasteiger partial charge on any atom is 0.107 e. The highest BCUT2D eigenvalue weighted by Crippen LogP contribution is 2.29. The molecule has 0 aliphatic heterocycles. The second-order valence-electron chi connectivity index (χ2n) is 4.38. The van der Waals surface area contributed by atoms with Crippen LogP contribution in [0.4, 0.5) is 0 Å². The smallest absolute Gasteiger partial charge is 0.107 e. The molecular formula is C16H12BrN. The Kier molecular flexibility index (Phi) is 2.88. The Morgan fingerprint density at radius 2 is 1.67 bits per heavy atom. The summed E-state index contributed by atoms with van der Waals surface area (Å²) >= 11 is 3.48. The van der Waals surface area contributed by atoms with Crippen molar-refractivity contribution in [2.24, 2.45) is 0 Å². The van der Waals surface area contributed by atoms with Crippen molar-refractivity contribution in [2.45, 2.75) is 6.92 Å². The Morgan fingerprint density at radius 3 is 2.44 bits per heavy atom. The Morgan fingerprint density at radius 1 is 0.944 bits per heavy atom. The molecule has 1 aromatic heterocycles. The van der Waals surface area contributed by atoms with Crippen LogP contribution in [0.3, 0.4) is 0 Å². The van der Waals surface area contributed by atoms with Crippen LogP contribution in [-0.4, -0.2) is 4.98 Å². The summed E-state index contributed by atoms with van der Waals surface area (Å²) in [5.74, 6) is 0. The monoisotopic (exact) mass is 297 g/mol. The molecule has 0 unspecified atom stereocenters. The zero-order valence-electron chi connectivity index (χ0n) is 10.0. The van der Waals surface area contributed by atoms with E-state index in [1.807, 2.05) is 12.1 Å². The molecule has 0 amide bonds. The first kappa shape index (κ1) is 11.4. The summed E-state index contributed by atoms with van der Waals surface area (Å²) in [7, 11) is 0. The van der Waals surface area contributed by atoms with Crippen molar-refractivity contribution in [2.75, 3.05) is 0 Å². The van der Waals surface area contributed by atoms with Crippen LogP contribution in [0.5, 0.6) is 0 Å². The lowest BCUT2D eigenvalue weighted by atomic mass is 10.0. The largest absolute Gasteiger partial charge is 0.240 e. The number of pyridine rings is 1. The fourth-order valence-corrected chi connectivity index (χ4v) is 2.52. The topological polar surface area (TPSA) is 12.9 Å². The molecule has 0 saturated heterocycles. The Hall–Kier alpha value is -1.67. The van der Waals surface area contributed by atoms with E-state index < -0.39 is 0 Å². The summed E-state index contributed by atoms with van der Waals surface area (Å²) < 4.78 is 0.872. The van der Waals surface area contributed by atoms with Crippen LogP contribution in [-0.2, 0) is 0 Å². The highest BCUT2D eigenvalue weighted by molar-refractivity contribution is 9.10. The molecule has 18 heavy (non-hydrogen) atoms. The first-order chi connectivity index (χ1) is 8.74. The molecule has 1 heterocycles. The van der Waals surface area contributed by atoms with E-state index in [9.17, 15) is 0 Å². The third-order valence-electron chi connectivity index (χ3n) is 3.03. The number of halogens is 1. The van der Waals surface area contributed by atoms with Gasteiger partial charge in [0.1, 0.15) is 4.60 Å². The molecule has 1 nitrogen and oxygen atoms in total. The third-order valence-corrected chi connectivity index (χ3v) is 3.44. The fourth-order valence-electron chi connectivity index (χ4n) is 2.10. The summed E-state index contributed by atoms with van der Waals surface area (Å²) in [6, 6.07) is 18.9. The van der Waals surface area contributed by atoms with Crippen molar-refractivity contribution in [3.63, 3.8) is 0 Å². The van der Waals surface area contributed by atoms with Gasteiger partial charge in [-0.3, -0.25) is 0 Å². The molecule has 0 fully saturated rings. The van der Waals surface area contributed by atoms with Crippen molar-refractivity contribution in [1.82, 2.24) is 4.98 Å². The molecule has 88 valence electrons. The van der Waals surface area contributed by atoms with Gasteiger partial charge in [0, 0.05) is 10.9 Å². The number of aromatic nitrogens is 1. The van der Waals surface area contributed by atoms with Crippen molar-refractivity contribution >= 4 is 26.7 Å². The second-order valence-corrected chi connectivity index (χ2v) is 5.19. The first-order valence-electron chi connectivity index (χ1n) is 5.86. The van der Waals surface area contributed by atoms with Crippen molar-refractivity contribution in [3.8, 4) is 11.3 Å². The highest BCUT2D eigenvalue weighted by Gasteiger charge is 2.06. The number of nitrogens with zero attached hydrogens (tertiary/aromatic N) is 1. The van der Waals surface area contributed by atoms with Crippen LogP contribution in [0, 0.1) is 6.92 Å². The predicted molar refractivity (Wildman–Crippen MR) is 79.6 cm³/mol. The van der Waals surface area contributed by atoms with E-state index >= 15 is 0 Å². The summed E-state index contributed by atoms with van der Waals surface area (Å²) in [5.41, 5.74) is 3.44. The minimum Gasteiger partial charge on any atom is -0.240 e. The first-order valence-corrected chi connectivity index (χ1v) is 6.66. The third kappa shape index (κ3) is 2.04. The lowest BCUT2D eigenvalue weighted by Crippen LogP contribution is -1.87. The minimum atomic E-state index is 0.872. The molecule has 2 heteroatoms. The maximum absolute atomic E-state index is 4.62. The highest BCUT2D eigenvalue weighted by atomic mass is 79.9. The molecule has 0 N–H and O–H groups in total. The second kappa shape index (κ2) is 4.54.